The normalized spacial score (nSPS) is 11.0. The molecule has 1 heterocycles. The highest BCUT2D eigenvalue weighted by Crippen LogP contribution is 2.18. The minimum atomic E-state index is -0.618. The van der Waals surface area contributed by atoms with Crippen molar-refractivity contribution in [2.75, 3.05) is 5.43 Å². The molecule has 2 aromatic carbocycles. The number of rotatable bonds is 6. The highest BCUT2D eigenvalue weighted by molar-refractivity contribution is 7.13. The summed E-state index contributed by atoms with van der Waals surface area (Å²) in [6.45, 7) is 1.74. The van der Waals surface area contributed by atoms with Gasteiger partial charge >= 0.3 is 0 Å². The first-order chi connectivity index (χ1) is 12.1. The maximum absolute atomic E-state index is 13.5. The fourth-order valence-corrected chi connectivity index (χ4v) is 2.68. The van der Waals surface area contributed by atoms with Crippen LogP contribution in [0, 0.1) is 18.6 Å². The lowest BCUT2D eigenvalue weighted by Crippen LogP contribution is -2.01. The molecule has 0 radical (unpaired) electrons. The minimum Gasteiger partial charge on any atom is -0.489 e. The standard InChI is InChI=1S/C18H15F2N3OS/c1-12-11-25-18(22-12)23-21-9-13-5-7-14(8-6-13)24-10-15-16(19)3-2-4-17(15)20/h2-9,11H,10H2,1H3,(H,22,23). The molecule has 1 N–H and O–H groups in total. The van der Waals surface area contributed by atoms with Gasteiger partial charge in [-0.15, -0.1) is 11.3 Å². The number of ether oxygens (including phenoxy) is 1. The van der Waals surface area contributed by atoms with Crippen LogP contribution in [-0.2, 0) is 6.61 Å². The van der Waals surface area contributed by atoms with Crippen LogP contribution in [0.15, 0.2) is 52.9 Å². The molecule has 0 bridgehead atoms. The second kappa shape index (κ2) is 7.85. The molecule has 0 aliphatic rings. The Bertz CT molecular complexity index is 858. The minimum absolute atomic E-state index is 0.0870. The fraction of sp³-hybridized carbons (Fsp3) is 0.111. The van der Waals surface area contributed by atoms with Crippen molar-refractivity contribution in [3.05, 3.63) is 76.3 Å². The SMILES string of the molecule is Cc1csc(NN=Cc2ccc(OCc3c(F)cccc3F)cc2)n1. The van der Waals surface area contributed by atoms with Crippen molar-refractivity contribution in [3.63, 3.8) is 0 Å². The zero-order valence-electron chi connectivity index (χ0n) is 13.4. The van der Waals surface area contributed by atoms with Gasteiger partial charge in [0.2, 0.25) is 5.13 Å². The Morgan fingerprint density at radius 2 is 1.88 bits per heavy atom. The molecule has 0 spiro atoms. The van der Waals surface area contributed by atoms with Crippen LogP contribution in [0.3, 0.4) is 0 Å². The van der Waals surface area contributed by atoms with Crippen molar-refractivity contribution in [1.82, 2.24) is 4.98 Å². The van der Waals surface area contributed by atoms with Crippen molar-refractivity contribution in [2.45, 2.75) is 13.5 Å². The van der Waals surface area contributed by atoms with E-state index >= 15 is 0 Å². The first kappa shape index (κ1) is 17.0. The molecule has 0 aliphatic carbocycles. The summed E-state index contributed by atoms with van der Waals surface area (Å²) in [4.78, 5) is 4.24. The molecule has 4 nitrogen and oxygen atoms in total. The van der Waals surface area contributed by atoms with E-state index < -0.39 is 11.6 Å². The number of nitrogens with zero attached hydrogens (tertiary/aromatic N) is 2. The van der Waals surface area contributed by atoms with E-state index in [0.717, 1.165) is 16.4 Å². The summed E-state index contributed by atoms with van der Waals surface area (Å²) in [5, 5.41) is 6.76. The molecule has 0 fully saturated rings. The van der Waals surface area contributed by atoms with Crippen LogP contribution in [0.25, 0.3) is 0 Å². The number of anilines is 1. The van der Waals surface area contributed by atoms with E-state index in [9.17, 15) is 8.78 Å². The van der Waals surface area contributed by atoms with Gasteiger partial charge in [0.1, 0.15) is 24.0 Å². The fourth-order valence-electron chi connectivity index (χ4n) is 2.04. The van der Waals surface area contributed by atoms with E-state index in [1.807, 2.05) is 12.3 Å². The number of halogens is 2. The maximum Gasteiger partial charge on any atom is 0.203 e. The number of nitrogens with one attached hydrogen (secondary N) is 1. The number of aryl methyl sites for hydroxylation is 1. The molecule has 3 aromatic rings. The molecular formula is C18H15F2N3OS. The molecule has 1 aromatic heterocycles. The van der Waals surface area contributed by atoms with Gasteiger partial charge in [-0.3, -0.25) is 5.43 Å². The summed E-state index contributed by atoms with van der Waals surface area (Å²) < 4.78 is 32.5. The van der Waals surface area contributed by atoms with Crippen LogP contribution < -0.4 is 10.2 Å². The molecule has 0 amide bonds. The van der Waals surface area contributed by atoms with Gasteiger partial charge in [0.05, 0.1) is 17.5 Å². The first-order valence-corrected chi connectivity index (χ1v) is 8.37. The van der Waals surface area contributed by atoms with Crippen LogP contribution >= 0.6 is 11.3 Å². The zero-order chi connectivity index (χ0) is 17.6. The molecular weight excluding hydrogens is 344 g/mol. The molecule has 0 saturated heterocycles. The number of thiazole rings is 1. The smallest absolute Gasteiger partial charge is 0.203 e. The lowest BCUT2D eigenvalue weighted by molar-refractivity contribution is 0.292. The molecule has 0 aliphatic heterocycles. The van der Waals surface area contributed by atoms with E-state index in [0.29, 0.717) is 5.75 Å². The third-order valence-electron chi connectivity index (χ3n) is 3.32. The predicted octanol–water partition coefficient (Wildman–Crippen LogP) is 4.75. The zero-order valence-corrected chi connectivity index (χ0v) is 14.2. The van der Waals surface area contributed by atoms with Crippen LogP contribution in [0.4, 0.5) is 13.9 Å². The average molecular weight is 359 g/mol. The second-order valence-corrected chi connectivity index (χ2v) is 6.08. The van der Waals surface area contributed by atoms with E-state index in [-0.39, 0.29) is 12.2 Å². The Kier molecular flexibility index (Phi) is 5.35. The van der Waals surface area contributed by atoms with Crippen molar-refractivity contribution in [3.8, 4) is 5.75 Å². The number of hydrazone groups is 1. The Morgan fingerprint density at radius 3 is 2.52 bits per heavy atom. The van der Waals surface area contributed by atoms with E-state index in [2.05, 4.69) is 15.5 Å². The van der Waals surface area contributed by atoms with Gasteiger partial charge in [-0.2, -0.15) is 5.10 Å². The van der Waals surface area contributed by atoms with Gasteiger partial charge in [0.25, 0.3) is 0 Å². The number of aromatic nitrogens is 1. The summed E-state index contributed by atoms with van der Waals surface area (Å²) in [7, 11) is 0. The van der Waals surface area contributed by atoms with Crippen molar-refractivity contribution >= 4 is 22.7 Å². The van der Waals surface area contributed by atoms with Gasteiger partial charge in [-0.1, -0.05) is 6.07 Å². The average Bonchev–Trinajstić information content (AvgIpc) is 3.01. The second-order valence-electron chi connectivity index (χ2n) is 5.22. The quantitative estimate of drug-likeness (QED) is 0.510. The maximum atomic E-state index is 13.5. The van der Waals surface area contributed by atoms with Crippen molar-refractivity contribution in [1.29, 1.82) is 0 Å². The largest absolute Gasteiger partial charge is 0.489 e. The third kappa shape index (κ3) is 4.60. The van der Waals surface area contributed by atoms with Gasteiger partial charge in [0.15, 0.2) is 0 Å². The van der Waals surface area contributed by atoms with Crippen molar-refractivity contribution in [2.24, 2.45) is 5.10 Å². The Balaban J connectivity index is 1.57. The predicted molar refractivity (Wildman–Crippen MR) is 95.2 cm³/mol. The molecule has 128 valence electrons. The number of benzene rings is 2. The molecule has 3 rings (SSSR count). The highest BCUT2D eigenvalue weighted by Gasteiger charge is 2.08. The van der Waals surface area contributed by atoms with Crippen LogP contribution in [-0.4, -0.2) is 11.2 Å². The topological polar surface area (TPSA) is 46.5 Å². The van der Waals surface area contributed by atoms with Gasteiger partial charge in [0, 0.05) is 5.38 Å². The lowest BCUT2D eigenvalue weighted by atomic mass is 10.2. The monoisotopic (exact) mass is 359 g/mol. The summed E-state index contributed by atoms with van der Waals surface area (Å²) in [5.74, 6) is -0.720. The van der Waals surface area contributed by atoms with Gasteiger partial charge in [-0.05, 0) is 48.9 Å². The number of hydrogen-bond acceptors (Lipinski definition) is 5. The Labute approximate surface area is 147 Å². The molecule has 0 atom stereocenters. The number of hydrogen-bond donors (Lipinski definition) is 1. The Hall–Kier alpha value is -2.80. The van der Waals surface area contributed by atoms with Crippen molar-refractivity contribution < 1.29 is 13.5 Å². The van der Waals surface area contributed by atoms with Crippen LogP contribution in [0.5, 0.6) is 5.75 Å². The highest BCUT2D eigenvalue weighted by atomic mass is 32.1. The van der Waals surface area contributed by atoms with Gasteiger partial charge < -0.3 is 4.74 Å². The molecule has 7 heteroatoms. The molecule has 25 heavy (non-hydrogen) atoms. The first-order valence-electron chi connectivity index (χ1n) is 7.49. The van der Waals surface area contributed by atoms with Crippen LogP contribution in [0.1, 0.15) is 16.8 Å². The van der Waals surface area contributed by atoms with Crippen LogP contribution in [0.2, 0.25) is 0 Å². The third-order valence-corrected chi connectivity index (χ3v) is 4.18. The molecule has 0 saturated carbocycles. The van der Waals surface area contributed by atoms with Gasteiger partial charge in [-0.25, -0.2) is 13.8 Å². The summed E-state index contributed by atoms with van der Waals surface area (Å²) in [6, 6.07) is 10.8. The lowest BCUT2D eigenvalue weighted by Gasteiger charge is -2.08. The summed E-state index contributed by atoms with van der Waals surface area (Å²) in [6.07, 6.45) is 1.65. The Morgan fingerprint density at radius 1 is 1.16 bits per heavy atom. The van der Waals surface area contributed by atoms with E-state index in [1.165, 1.54) is 29.5 Å². The summed E-state index contributed by atoms with van der Waals surface area (Å²) >= 11 is 1.48. The molecule has 0 unspecified atom stereocenters. The summed E-state index contributed by atoms with van der Waals surface area (Å²) in [5.41, 5.74) is 4.56. The van der Waals surface area contributed by atoms with E-state index in [4.69, 9.17) is 4.74 Å². The van der Waals surface area contributed by atoms with E-state index in [1.54, 1.807) is 30.5 Å².